The predicted octanol–water partition coefficient (Wildman–Crippen LogP) is 2.60. The molecule has 0 bridgehead atoms. The predicted molar refractivity (Wildman–Crippen MR) is 76.5 cm³/mol. The van der Waals surface area contributed by atoms with Gasteiger partial charge in [0.15, 0.2) is 0 Å². The number of rotatable bonds is 4. The second kappa shape index (κ2) is 5.95. The minimum Gasteiger partial charge on any atom is -0.493 e. The Morgan fingerprint density at radius 2 is 2.29 bits per heavy atom. The van der Waals surface area contributed by atoms with Crippen LogP contribution < -0.4 is 10.1 Å². The standard InChI is InChI=1S/C15H17N3O3/c1-2-4-13-17-18-15(21-13)16-14(19)11-6-7-12-10(9-11)5-3-8-20-12/h6-7,9H,2-5,8H2,1H3,(H,16,18,19). The summed E-state index contributed by atoms with van der Waals surface area (Å²) in [4.78, 5) is 12.2. The van der Waals surface area contributed by atoms with E-state index in [1.165, 1.54) is 0 Å². The number of fused-ring (bicyclic) bond motifs is 1. The van der Waals surface area contributed by atoms with Gasteiger partial charge in [0.2, 0.25) is 5.89 Å². The Balaban J connectivity index is 1.72. The van der Waals surface area contributed by atoms with Crippen LogP contribution in [-0.2, 0) is 12.8 Å². The van der Waals surface area contributed by atoms with Crippen molar-refractivity contribution in [2.75, 3.05) is 11.9 Å². The Morgan fingerprint density at radius 3 is 3.14 bits per heavy atom. The molecule has 110 valence electrons. The Kier molecular flexibility index (Phi) is 3.85. The number of aryl methyl sites for hydroxylation is 2. The van der Waals surface area contributed by atoms with Crippen molar-refractivity contribution in [2.24, 2.45) is 0 Å². The third-order valence-corrected chi connectivity index (χ3v) is 3.32. The quantitative estimate of drug-likeness (QED) is 0.935. The summed E-state index contributed by atoms with van der Waals surface area (Å²) in [6, 6.07) is 5.56. The largest absolute Gasteiger partial charge is 0.493 e. The van der Waals surface area contributed by atoms with Crippen LogP contribution in [0.15, 0.2) is 22.6 Å². The van der Waals surface area contributed by atoms with Gasteiger partial charge in [-0.05, 0) is 43.0 Å². The average molecular weight is 287 g/mol. The van der Waals surface area contributed by atoms with Gasteiger partial charge in [-0.15, -0.1) is 5.10 Å². The molecule has 0 saturated heterocycles. The van der Waals surface area contributed by atoms with E-state index >= 15 is 0 Å². The number of benzene rings is 1. The van der Waals surface area contributed by atoms with Crippen molar-refractivity contribution >= 4 is 11.9 Å². The summed E-state index contributed by atoms with van der Waals surface area (Å²) in [7, 11) is 0. The second-order valence-electron chi connectivity index (χ2n) is 4.98. The van der Waals surface area contributed by atoms with E-state index in [0.717, 1.165) is 37.2 Å². The molecule has 1 aliphatic heterocycles. The van der Waals surface area contributed by atoms with Gasteiger partial charge in [-0.2, -0.15) is 0 Å². The zero-order valence-electron chi connectivity index (χ0n) is 11.9. The molecule has 1 amide bonds. The maximum Gasteiger partial charge on any atom is 0.322 e. The fraction of sp³-hybridized carbons (Fsp3) is 0.400. The molecule has 0 radical (unpaired) electrons. The van der Waals surface area contributed by atoms with Crippen molar-refractivity contribution in [2.45, 2.75) is 32.6 Å². The number of nitrogens with one attached hydrogen (secondary N) is 1. The van der Waals surface area contributed by atoms with E-state index in [-0.39, 0.29) is 11.9 Å². The molecule has 2 heterocycles. The smallest absolute Gasteiger partial charge is 0.322 e. The van der Waals surface area contributed by atoms with Gasteiger partial charge in [-0.25, -0.2) is 0 Å². The normalized spacial score (nSPS) is 13.4. The van der Waals surface area contributed by atoms with Crippen LogP contribution in [0.1, 0.15) is 41.6 Å². The van der Waals surface area contributed by atoms with E-state index in [0.29, 0.717) is 17.9 Å². The Bertz CT molecular complexity index is 651. The number of carbonyl (C=O) groups excluding carboxylic acids is 1. The van der Waals surface area contributed by atoms with E-state index in [9.17, 15) is 4.79 Å². The molecule has 0 fully saturated rings. The molecule has 0 aliphatic carbocycles. The van der Waals surface area contributed by atoms with E-state index in [1.807, 2.05) is 19.1 Å². The molecule has 0 atom stereocenters. The van der Waals surface area contributed by atoms with Gasteiger partial charge in [0.05, 0.1) is 6.61 Å². The van der Waals surface area contributed by atoms with Gasteiger partial charge in [0.25, 0.3) is 5.91 Å². The maximum absolute atomic E-state index is 12.2. The van der Waals surface area contributed by atoms with Crippen LogP contribution in [-0.4, -0.2) is 22.7 Å². The molecular formula is C15H17N3O3. The highest BCUT2D eigenvalue weighted by molar-refractivity contribution is 6.03. The van der Waals surface area contributed by atoms with Crippen LogP contribution >= 0.6 is 0 Å². The summed E-state index contributed by atoms with van der Waals surface area (Å²) in [5.74, 6) is 1.14. The Labute approximate surface area is 122 Å². The molecule has 0 unspecified atom stereocenters. The van der Waals surface area contributed by atoms with Crippen LogP contribution in [0.2, 0.25) is 0 Å². The average Bonchev–Trinajstić information content (AvgIpc) is 2.94. The molecule has 0 spiro atoms. The molecule has 0 saturated carbocycles. The SMILES string of the molecule is CCCc1nnc(NC(=O)c2ccc3c(c2)CCCO3)o1. The highest BCUT2D eigenvalue weighted by Gasteiger charge is 2.15. The molecule has 6 nitrogen and oxygen atoms in total. The molecule has 6 heteroatoms. The topological polar surface area (TPSA) is 77.2 Å². The number of ether oxygens (including phenoxy) is 1. The molecule has 1 aromatic carbocycles. The minimum atomic E-state index is -0.255. The van der Waals surface area contributed by atoms with Crippen LogP contribution in [0.5, 0.6) is 5.75 Å². The zero-order valence-corrected chi connectivity index (χ0v) is 11.9. The van der Waals surface area contributed by atoms with Crippen LogP contribution in [0.25, 0.3) is 0 Å². The van der Waals surface area contributed by atoms with E-state index in [4.69, 9.17) is 9.15 Å². The van der Waals surface area contributed by atoms with Crippen molar-refractivity contribution in [3.05, 3.63) is 35.2 Å². The van der Waals surface area contributed by atoms with E-state index in [2.05, 4.69) is 15.5 Å². The highest BCUT2D eigenvalue weighted by Crippen LogP contribution is 2.25. The van der Waals surface area contributed by atoms with Crippen molar-refractivity contribution in [3.63, 3.8) is 0 Å². The first-order chi connectivity index (χ1) is 10.3. The molecule has 1 aromatic heterocycles. The number of amides is 1. The monoisotopic (exact) mass is 287 g/mol. The fourth-order valence-electron chi connectivity index (χ4n) is 2.29. The van der Waals surface area contributed by atoms with Crippen molar-refractivity contribution in [1.29, 1.82) is 0 Å². The first-order valence-corrected chi connectivity index (χ1v) is 7.15. The molecule has 3 rings (SSSR count). The van der Waals surface area contributed by atoms with E-state index in [1.54, 1.807) is 6.07 Å². The first kappa shape index (κ1) is 13.6. The summed E-state index contributed by atoms with van der Waals surface area (Å²) < 4.78 is 10.9. The number of carbonyl (C=O) groups is 1. The summed E-state index contributed by atoms with van der Waals surface area (Å²) in [5, 5.41) is 10.3. The molecule has 1 N–H and O–H groups in total. The van der Waals surface area contributed by atoms with Gasteiger partial charge >= 0.3 is 6.01 Å². The second-order valence-corrected chi connectivity index (χ2v) is 4.98. The lowest BCUT2D eigenvalue weighted by atomic mass is 10.0. The number of aromatic nitrogens is 2. The zero-order chi connectivity index (χ0) is 14.7. The minimum absolute atomic E-state index is 0.137. The molecular weight excluding hydrogens is 270 g/mol. The summed E-state index contributed by atoms with van der Waals surface area (Å²) >= 11 is 0. The first-order valence-electron chi connectivity index (χ1n) is 7.15. The van der Waals surface area contributed by atoms with Gasteiger partial charge in [0.1, 0.15) is 5.75 Å². The molecule has 21 heavy (non-hydrogen) atoms. The number of nitrogens with zero attached hydrogens (tertiary/aromatic N) is 2. The van der Waals surface area contributed by atoms with Gasteiger partial charge < -0.3 is 9.15 Å². The van der Waals surface area contributed by atoms with Gasteiger partial charge in [0, 0.05) is 12.0 Å². The number of anilines is 1. The lowest BCUT2D eigenvalue weighted by molar-refractivity contribution is 0.102. The van der Waals surface area contributed by atoms with Gasteiger partial charge in [-0.1, -0.05) is 12.0 Å². The van der Waals surface area contributed by atoms with Gasteiger partial charge in [-0.3, -0.25) is 10.1 Å². The highest BCUT2D eigenvalue weighted by atomic mass is 16.5. The number of hydrogen-bond acceptors (Lipinski definition) is 5. The number of hydrogen-bond donors (Lipinski definition) is 1. The van der Waals surface area contributed by atoms with Crippen molar-refractivity contribution in [3.8, 4) is 5.75 Å². The van der Waals surface area contributed by atoms with Crippen LogP contribution in [0, 0.1) is 0 Å². The maximum atomic E-state index is 12.2. The van der Waals surface area contributed by atoms with Crippen LogP contribution in [0.3, 0.4) is 0 Å². The van der Waals surface area contributed by atoms with Crippen molar-refractivity contribution < 1.29 is 13.9 Å². The molecule has 1 aliphatic rings. The summed E-state index contributed by atoms with van der Waals surface area (Å²) in [6.45, 7) is 2.76. The Morgan fingerprint density at radius 1 is 1.38 bits per heavy atom. The summed E-state index contributed by atoms with van der Waals surface area (Å²) in [5.41, 5.74) is 1.63. The van der Waals surface area contributed by atoms with E-state index < -0.39 is 0 Å². The third kappa shape index (κ3) is 3.04. The van der Waals surface area contributed by atoms with Crippen LogP contribution in [0.4, 0.5) is 6.01 Å². The third-order valence-electron chi connectivity index (χ3n) is 3.32. The molecule has 2 aromatic rings. The van der Waals surface area contributed by atoms with Crippen molar-refractivity contribution in [1.82, 2.24) is 10.2 Å². The lowest BCUT2D eigenvalue weighted by Gasteiger charge is -2.17. The lowest BCUT2D eigenvalue weighted by Crippen LogP contribution is -2.14. The Hall–Kier alpha value is -2.37. The summed E-state index contributed by atoms with van der Waals surface area (Å²) in [6.07, 6.45) is 3.53. The fourth-order valence-corrected chi connectivity index (χ4v) is 2.29.